The average Bonchev–Trinajstić information content (AvgIpc) is 2.64. The summed E-state index contributed by atoms with van der Waals surface area (Å²) in [5.41, 5.74) is 1.38. The zero-order valence-electron chi connectivity index (χ0n) is 14.4. The van der Waals surface area contributed by atoms with Crippen LogP contribution < -0.4 is 15.4 Å². The number of fused-ring (bicyclic) bond motifs is 1. The fourth-order valence-electron chi connectivity index (χ4n) is 3.02. The Hall–Kier alpha value is -3.42. The quantitative estimate of drug-likeness (QED) is 0.747. The molecule has 3 rings (SSSR count). The number of rotatable bonds is 5. The van der Waals surface area contributed by atoms with Crippen molar-refractivity contribution in [2.45, 2.75) is 18.9 Å². The molecule has 2 aromatic carbocycles. The van der Waals surface area contributed by atoms with Gasteiger partial charge in [0.25, 0.3) is 0 Å². The highest BCUT2D eigenvalue weighted by molar-refractivity contribution is 6.01. The highest BCUT2D eigenvalue weighted by atomic mass is 19.1. The Morgan fingerprint density at radius 1 is 1.30 bits per heavy atom. The molecule has 0 spiro atoms. The Kier molecular flexibility index (Phi) is 5.07. The van der Waals surface area contributed by atoms with Crippen molar-refractivity contribution < 1.29 is 28.6 Å². The number of amides is 2. The maximum absolute atomic E-state index is 13.4. The number of nitrogens with one attached hydrogen (secondary N) is 2. The second kappa shape index (κ2) is 7.45. The summed E-state index contributed by atoms with van der Waals surface area (Å²) in [6.45, 7) is 0.0811. The second-order valence-electron chi connectivity index (χ2n) is 6.09. The molecule has 0 radical (unpaired) electrons. The Balaban J connectivity index is 1.76. The van der Waals surface area contributed by atoms with Gasteiger partial charge in [0.15, 0.2) is 0 Å². The lowest BCUT2D eigenvalue weighted by Gasteiger charge is -2.25. The summed E-state index contributed by atoms with van der Waals surface area (Å²) in [5.74, 6) is -2.94. The third-order valence-corrected chi connectivity index (χ3v) is 4.33. The van der Waals surface area contributed by atoms with E-state index in [1.807, 2.05) is 0 Å². The van der Waals surface area contributed by atoms with Crippen molar-refractivity contribution in [1.29, 1.82) is 0 Å². The highest BCUT2D eigenvalue weighted by Gasteiger charge is 2.30. The minimum absolute atomic E-state index is 0.0119. The number of carboxylic acids is 1. The number of anilines is 1. The van der Waals surface area contributed by atoms with Gasteiger partial charge in [0.05, 0.1) is 13.0 Å². The summed E-state index contributed by atoms with van der Waals surface area (Å²) in [7, 11) is 1.37. The normalized spacial score (nSPS) is 15.5. The van der Waals surface area contributed by atoms with E-state index < -0.39 is 23.6 Å². The molecule has 0 aromatic heterocycles. The molecule has 1 heterocycles. The Morgan fingerprint density at radius 2 is 2.07 bits per heavy atom. The van der Waals surface area contributed by atoms with Gasteiger partial charge in [0.2, 0.25) is 11.8 Å². The van der Waals surface area contributed by atoms with Gasteiger partial charge < -0.3 is 20.5 Å². The van der Waals surface area contributed by atoms with Crippen LogP contribution in [0.15, 0.2) is 36.4 Å². The van der Waals surface area contributed by atoms with Crippen molar-refractivity contribution >= 4 is 23.5 Å². The SMILES string of the molecule is COc1ccc(CNC(=O)[C@@H]2CC(=O)Nc3cc(F)ccc32)cc1C(=O)O. The van der Waals surface area contributed by atoms with E-state index in [9.17, 15) is 23.9 Å². The molecule has 2 aromatic rings. The van der Waals surface area contributed by atoms with E-state index in [2.05, 4.69) is 10.6 Å². The van der Waals surface area contributed by atoms with Crippen LogP contribution in [0.2, 0.25) is 0 Å². The number of methoxy groups -OCH3 is 1. The van der Waals surface area contributed by atoms with Gasteiger partial charge in [-0.1, -0.05) is 12.1 Å². The van der Waals surface area contributed by atoms with Crippen molar-refractivity contribution in [2.24, 2.45) is 0 Å². The lowest BCUT2D eigenvalue weighted by molar-refractivity contribution is -0.126. The average molecular weight is 372 g/mol. The van der Waals surface area contributed by atoms with Crippen LogP contribution in [0.1, 0.15) is 33.8 Å². The Labute approximate surface area is 154 Å². The van der Waals surface area contributed by atoms with Gasteiger partial charge in [-0.3, -0.25) is 9.59 Å². The number of ether oxygens (including phenoxy) is 1. The summed E-state index contributed by atoms with van der Waals surface area (Å²) in [6.07, 6.45) is -0.0482. The first-order chi connectivity index (χ1) is 12.9. The first-order valence-electron chi connectivity index (χ1n) is 8.16. The van der Waals surface area contributed by atoms with Crippen molar-refractivity contribution in [2.75, 3.05) is 12.4 Å². The second-order valence-corrected chi connectivity index (χ2v) is 6.09. The largest absolute Gasteiger partial charge is 0.496 e. The first-order valence-corrected chi connectivity index (χ1v) is 8.16. The topological polar surface area (TPSA) is 105 Å². The van der Waals surface area contributed by atoms with Crippen molar-refractivity contribution in [3.8, 4) is 5.75 Å². The molecule has 0 saturated heterocycles. The zero-order valence-corrected chi connectivity index (χ0v) is 14.4. The van der Waals surface area contributed by atoms with Gasteiger partial charge in [-0.05, 0) is 35.4 Å². The zero-order chi connectivity index (χ0) is 19.6. The maximum atomic E-state index is 13.4. The van der Waals surface area contributed by atoms with Crippen LogP contribution in [0.25, 0.3) is 0 Å². The summed E-state index contributed by atoms with van der Waals surface area (Å²) >= 11 is 0. The smallest absolute Gasteiger partial charge is 0.339 e. The summed E-state index contributed by atoms with van der Waals surface area (Å²) in [4.78, 5) is 35.7. The Bertz CT molecular complexity index is 928. The monoisotopic (exact) mass is 372 g/mol. The molecule has 0 unspecified atom stereocenters. The lowest BCUT2D eigenvalue weighted by atomic mass is 9.89. The molecule has 8 heteroatoms. The molecule has 0 bridgehead atoms. The summed E-state index contributed by atoms with van der Waals surface area (Å²) in [6, 6.07) is 8.45. The van der Waals surface area contributed by atoms with Crippen LogP contribution in [-0.4, -0.2) is 30.0 Å². The van der Waals surface area contributed by atoms with Gasteiger partial charge >= 0.3 is 5.97 Å². The minimum Gasteiger partial charge on any atom is -0.496 e. The van der Waals surface area contributed by atoms with E-state index in [4.69, 9.17) is 4.74 Å². The van der Waals surface area contributed by atoms with Crippen LogP contribution >= 0.6 is 0 Å². The molecular weight excluding hydrogens is 355 g/mol. The fraction of sp³-hybridized carbons (Fsp3) is 0.211. The number of hydrogen-bond acceptors (Lipinski definition) is 4. The van der Waals surface area contributed by atoms with Gasteiger partial charge in [-0.2, -0.15) is 0 Å². The molecule has 2 amide bonds. The molecule has 1 aliphatic heterocycles. The van der Waals surface area contributed by atoms with Gasteiger partial charge in [0.1, 0.15) is 17.1 Å². The predicted octanol–water partition coefficient (Wildman–Crippen LogP) is 2.27. The minimum atomic E-state index is -1.14. The molecule has 140 valence electrons. The van der Waals surface area contributed by atoms with Crippen LogP contribution in [0, 0.1) is 5.82 Å². The standard InChI is InChI=1S/C19H17FN2O5/c1-27-16-5-2-10(6-14(16)19(25)26)9-21-18(24)13-8-17(23)22-15-7-11(20)3-4-12(13)15/h2-7,13H,8-9H2,1H3,(H,21,24)(H,22,23)(H,25,26)/t13-/m1/s1. The lowest BCUT2D eigenvalue weighted by Crippen LogP contribution is -2.34. The van der Waals surface area contributed by atoms with Crippen LogP contribution in [0.3, 0.4) is 0 Å². The molecular formula is C19H17FN2O5. The van der Waals surface area contributed by atoms with Gasteiger partial charge in [-0.15, -0.1) is 0 Å². The first kappa shape index (κ1) is 18.4. The van der Waals surface area contributed by atoms with E-state index in [0.717, 1.165) is 0 Å². The Morgan fingerprint density at radius 3 is 2.78 bits per heavy atom. The number of halogens is 1. The van der Waals surface area contributed by atoms with E-state index in [1.165, 1.54) is 37.4 Å². The number of benzene rings is 2. The molecule has 0 saturated carbocycles. The molecule has 1 aliphatic rings. The van der Waals surface area contributed by atoms with E-state index >= 15 is 0 Å². The summed E-state index contributed by atoms with van der Waals surface area (Å²) in [5, 5.41) is 14.5. The van der Waals surface area contributed by atoms with Crippen LogP contribution in [0.4, 0.5) is 10.1 Å². The third-order valence-electron chi connectivity index (χ3n) is 4.33. The number of carboxylic acid groups (broad SMARTS) is 1. The van der Waals surface area contributed by atoms with Gasteiger partial charge in [-0.25, -0.2) is 9.18 Å². The van der Waals surface area contributed by atoms with E-state index in [0.29, 0.717) is 11.1 Å². The predicted molar refractivity (Wildman–Crippen MR) is 94.2 cm³/mol. The molecule has 27 heavy (non-hydrogen) atoms. The van der Waals surface area contributed by atoms with Crippen molar-refractivity contribution in [3.63, 3.8) is 0 Å². The van der Waals surface area contributed by atoms with Gasteiger partial charge in [0, 0.05) is 18.7 Å². The summed E-state index contributed by atoms with van der Waals surface area (Å²) < 4.78 is 18.4. The number of carbonyl (C=O) groups is 3. The fourth-order valence-corrected chi connectivity index (χ4v) is 3.02. The number of aromatic carboxylic acids is 1. The molecule has 0 fully saturated rings. The van der Waals surface area contributed by atoms with Crippen LogP contribution in [0.5, 0.6) is 5.75 Å². The number of hydrogen-bond donors (Lipinski definition) is 3. The molecule has 3 N–H and O–H groups in total. The van der Waals surface area contributed by atoms with Crippen molar-refractivity contribution in [3.05, 3.63) is 58.9 Å². The maximum Gasteiger partial charge on any atom is 0.339 e. The van der Waals surface area contributed by atoms with Crippen molar-refractivity contribution in [1.82, 2.24) is 5.32 Å². The molecule has 0 aliphatic carbocycles. The van der Waals surface area contributed by atoms with E-state index in [1.54, 1.807) is 6.07 Å². The number of carbonyl (C=O) groups excluding carboxylic acids is 2. The molecule has 1 atom stereocenters. The molecule has 7 nitrogen and oxygen atoms in total. The van der Waals surface area contributed by atoms with E-state index in [-0.39, 0.29) is 35.9 Å². The third kappa shape index (κ3) is 3.89. The highest BCUT2D eigenvalue weighted by Crippen LogP contribution is 2.33. The van der Waals surface area contributed by atoms with Crippen LogP contribution in [-0.2, 0) is 16.1 Å².